The van der Waals surface area contributed by atoms with Crippen molar-refractivity contribution in [3.8, 4) is 0 Å². The number of thiazole rings is 1. The Morgan fingerprint density at radius 1 is 1.38 bits per heavy atom. The third-order valence-corrected chi connectivity index (χ3v) is 5.32. The average Bonchev–Trinajstić information content (AvgIpc) is 3.09. The molecule has 0 aliphatic carbocycles. The van der Waals surface area contributed by atoms with Crippen LogP contribution in [0, 0.1) is 5.92 Å². The molecule has 0 aromatic carbocycles. The van der Waals surface area contributed by atoms with Crippen LogP contribution in [0.5, 0.6) is 0 Å². The maximum absolute atomic E-state index is 11.9. The minimum absolute atomic E-state index is 0. The van der Waals surface area contributed by atoms with Crippen LogP contribution in [0.4, 0.5) is 0 Å². The van der Waals surface area contributed by atoms with E-state index in [1.807, 2.05) is 6.92 Å². The van der Waals surface area contributed by atoms with Crippen molar-refractivity contribution in [1.82, 2.24) is 15.2 Å². The van der Waals surface area contributed by atoms with Gasteiger partial charge in [-0.2, -0.15) is 0 Å². The van der Waals surface area contributed by atoms with Crippen molar-refractivity contribution in [1.29, 1.82) is 0 Å². The van der Waals surface area contributed by atoms with E-state index in [1.165, 1.54) is 5.01 Å². The van der Waals surface area contributed by atoms with Crippen molar-refractivity contribution < 1.29 is 9.53 Å². The van der Waals surface area contributed by atoms with Crippen LogP contribution in [0.1, 0.15) is 44.3 Å². The number of esters is 1. The molecule has 0 spiro atoms. The number of likely N-dealkylation sites (tertiary alicyclic amines) is 1. The minimum atomic E-state index is -0.0562. The van der Waals surface area contributed by atoms with Crippen LogP contribution in [-0.4, -0.2) is 54.6 Å². The van der Waals surface area contributed by atoms with Crippen molar-refractivity contribution in [2.75, 3.05) is 32.8 Å². The van der Waals surface area contributed by atoms with E-state index in [9.17, 15) is 4.79 Å². The summed E-state index contributed by atoms with van der Waals surface area (Å²) in [5.41, 5.74) is 1.13. The Morgan fingerprint density at radius 3 is 2.69 bits per heavy atom. The monoisotopic (exact) mass is 494 g/mol. The van der Waals surface area contributed by atoms with Crippen molar-refractivity contribution >= 4 is 47.2 Å². The topological polar surface area (TPSA) is 66.8 Å². The highest BCUT2D eigenvalue weighted by atomic mass is 127. The van der Waals surface area contributed by atoms with Gasteiger partial charge in [0.2, 0.25) is 0 Å². The Morgan fingerprint density at radius 2 is 2.12 bits per heavy atom. The van der Waals surface area contributed by atoms with E-state index in [2.05, 4.69) is 34.4 Å². The zero-order valence-corrected chi connectivity index (χ0v) is 19.1. The van der Waals surface area contributed by atoms with Crippen molar-refractivity contribution in [2.24, 2.45) is 10.9 Å². The summed E-state index contributed by atoms with van der Waals surface area (Å²) in [5, 5.41) is 6.68. The first kappa shape index (κ1) is 23.1. The SMILES string of the molecule is CCNC(=NCCc1csc(CC)n1)N1CCC(C(=O)OCC)CC1.I. The zero-order valence-electron chi connectivity index (χ0n) is 16.0. The quantitative estimate of drug-likeness (QED) is 0.273. The third kappa shape index (κ3) is 7.02. The number of hydrogen-bond acceptors (Lipinski definition) is 5. The summed E-state index contributed by atoms with van der Waals surface area (Å²) in [6.45, 7) is 9.77. The molecule has 1 aromatic rings. The molecule has 2 heterocycles. The van der Waals surface area contributed by atoms with Crippen molar-refractivity contribution in [3.05, 3.63) is 16.1 Å². The Labute approximate surface area is 177 Å². The Kier molecular flexibility index (Phi) is 11.1. The van der Waals surface area contributed by atoms with Gasteiger partial charge in [0.25, 0.3) is 0 Å². The van der Waals surface area contributed by atoms with Crippen molar-refractivity contribution in [3.63, 3.8) is 0 Å². The van der Waals surface area contributed by atoms with Crippen LogP contribution >= 0.6 is 35.3 Å². The number of aliphatic imine (C=N–C) groups is 1. The lowest BCUT2D eigenvalue weighted by molar-refractivity contribution is -0.149. The molecular weight excluding hydrogens is 463 g/mol. The number of aryl methyl sites for hydroxylation is 1. The highest BCUT2D eigenvalue weighted by Gasteiger charge is 2.27. The van der Waals surface area contributed by atoms with Crippen LogP contribution in [0.15, 0.2) is 10.4 Å². The molecule has 2 rings (SSSR count). The number of piperidine rings is 1. The van der Waals surface area contributed by atoms with E-state index in [0.717, 1.165) is 63.5 Å². The fourth-order valence-electron chi connectivity index (χ4n) is 2.92. The molecule has 0 atom stereocenters. The molecule has 8 heteroatoms. The maximum atomic E-state index is 11.9. The fraction of sp³-hybridized carbons (Fsp3) is 0.722. The standard InChI is InChI=1S/C18H30N4O2S.HI/c1-4-16-21-15(13-25-16)7-10-20-18(19-5-2)22-11-8-14(9-12-22)17(23)24-6-3;/h13-14H,4-12H2,1-3H3,(H,19,20);1H. The molecule has 0 radical (unpaired) electrons. The number of ether oxygens (including phenoxy) is 1. The zero-order chi connectivity index (χ0) is 18.1. The van der Waals surface area contributed by atoms with Gasteiger partial charge in [0.05, 0.1) is 23.2 Å². The summed E-state index contributed by atoms with van der Waals surface area (Å²) in [5.74, 6) is 0.914. The van der Waals surface area contributed by atoms with E-state index in [1.54, 1.807) is 11.3 Å². The molecule has 1 saturated heterocycles. The Balaban J connectivity index is 0.00000338. The van der Waals surface area contributed by atoms with Crippen molar-refractivity contribution in [2.45, 2.75) is 46.5 Å². The summed E-state index contributed by atoms with van der Waals surface area (Å²) in [4.78, 5) is 23.5. The van der Waals surface area contributed by atoms with Gasteiger partial charge in [0, 0.05) is 38.0 Å². The smallest absolute Gasteiger partial charge is 0.309 e. The van der Waals surface area contributed by atoms with E-state index < -0.39 is 0 Å². The van der Waals surface area contributed by atoms with Gasteiger partial charge < -0.3 is 15.0 Å². The number of rotatable bonds is 7. The molecule has 1 N–H and O–H groups in total. The fourth-order valence-corrected chi connectivity index (χ4v) is 3.69. The summed E-state index contributed by atoms with van der Waals surface area (Å²) in [7, 11) is 0. The number of carbonyl (C=O) groups is 1. The molecule has 6 nitrogen and oxygen atoms in total. The second-order valence-corrected chi connectivity index (χ2v) is 7.03. The number of halogens is 1. The second-order valence-electron chi connectivity index (χ2n) is 6.09. The van der Waals surface area contributed by atoms with E-state index in [4.69, 9.17) is 9.73 Å². The molecular formula is C18H31IN4O2S. The van der Waals surface area contributed by atoms with E-state index in [-0.39, 0.29) is 35.9 Å². The minimum Gasteiger partial charge on any atom is -0.466 e. The summed E-state index contributed by atoms with van der Waals surface area (Å²) >= 11 is 1.72. The molecule has 0 amide bonds. The highest BCUT2D eigenvalue weighted by molar-refractivity contribution is 14.0. The molecule has 0 unspecified atom stereocenters. The number of nitrogens with zero attached hydrogens (tertiary/aromatic N) is 3. The van der Waals surface area contributed by atoms with Gasteiger partial charge in [-0.05, 0) is 33.1 Å². The first-order valence-electron chi connectivity index (χ1n) is 9.31. The van der Waals surface area contributed by atoms with E-state index >= 15 is 0 Å². The average molecular weight is 494 g/mol. The van der Waals surface area contributed by atoms with Crippen LogP contribution < -0.4 is 5.32 Å². The van der Waals surface area contributed by atoms with Gasteiger partial charge in [-0.25, -0.2) is 4.98 Å². The number of nitrogens with one attached hydrogen (secondary N) is 1. The van der Waals surface area contributed by atoms with Gasteiger partial charge in [0.1, 0.15) is 0 Å². The number of hydrogen-bond donors (Lipinski definition) is 1. The van der Waals surface area contributed by atoms with Crippen LogP contribution in [0.3, 0.4) is 0 Å². The maximum Gasteiger partial charge on any atom is 0.309 e. The lowest BCUT2D eigenvalue weighted by Crippen LogP contribution is -2.46. The van der Waals surface area contributed by atoms with Gasteiger partial charge in [-0.1, -0.05) is 6.92 Å². The lowest BCUT2D eigenvalue weighted by atomic mass is 9.97. The normalized spacial score (nSPS) is 15.5. The molecule has 1 aliphatic rings. The predicted octanol–water partition coefficient (Wildman–Crippen LogP) is 3.11. The largest absolute Gasteiger partial charge is 0.466 e. The molecule has 148 valence electrons. The Hall–Kier alpha value is -0.900. The summed E-state index contributed by atoms with van der Waals surface area (Å²) in [6, 6.07) is 0. The molecule has 1 aliphatic heterocycles. The van der Waals surface area contributed by atoms with Gasteiger partial charge in [-0.3, -0.25) is 9.79 Å². The number of guanidine groups is 1. The molecule has 1 aromatic heterocycles. The lowest BCUT2D eigenvalue weighted by Gasteiger charge is -2.33. The van der Waals surface area contributed by atoms with Gasteiger partial charge >= 0.3 is 5.97 Å². The summed E-state index contributed by atoms with van der Waals surface area (Å²) < 4.78 is 5.14. The molecule has 26 heavy (non-hydrogen) atoms. The molecule has 0 bridgehead atoms. The highest BCUT2D eigenvalue weighted by Crippen LogP contribution is 2.19. The first-order chi connectivity index (χ1) is 12.2. The van der Waals surface area contributed by atoms with Crippen LogP contribution in [0.25, 0.3) is 0 Å². The van der Waals surface area contributed by atoms with Crippen LogP contribution in [0.2, 0.25) is 0 Å². The number of carbonyl (C=O) groups excluding carboxylic acids is 1. The predicted molar refractivity (Wildman–Crippen MR) is 118 cm³/mol. The first-order valence-corrected chi connectivity index (χ1v) is 10.2. The van der Waals surface area contributed by atoms with Gasteiger partial charge in [0.15, 0.2) is 5.96 Å². The summed E-state index contributed by atoms with van der Waals surface area (Å²) in [6.07, 6.45) is 3.51. The number of aromatic nitrogens is 1. The second kappa shape index (κ2) is 12.5. The molecule has 1 fully saturated rings. The van der Waals surface area contributed by atoms with E-state index in [0.29, 0.717) is 6.61 Å². The molecule has 0 saturated carbocycles. The van der Waals surface area contributed by atoms with Gasteiger partial charge in [-0.15, -0.1) is 35.3 Å². The van der Waals surface area contributed by atoms with Crippen LogP contribution in [-0.2, 0) is 22.4 Å². The Bertz CT molecular complexity index is 571. The third-order valence-electron chi connectivity index (χ3n) is 4.28.